The van der Waals surface area contributed by atoms with Gasteiger partial charge >= 0.3 is 6.18 Å². The summed E-state index contributed by atoms with van der Waals surface area (Å²) in [6.45, 7) is 10.3. The zero-order valence-electron chi connectivity index (χ0n) is 17.7. The van der Waals surface area contributed by atoms with Crippen LogP contribution < -0.4 is 4.74 Å². The van der Waals surface area contributed by atoms with Gasteiger partial charge in [-0.3, -0.25) is 0 Å². The molecule has 0 bridgehead atoms. The molecule has 1 aliphatic carbocycles. The van der Waals surface area contributed by atoms with Gasteiger partial charge in [-0.05, 0) is 72.6 Å². The second kappa shape index (κ2) is 9.90. The van der Waals surface area contributed by atoms with E-state index in [9.17, 15) is 13.2 Å². The van der Waals surface area contributed by atoms with Crippen molar-refractivity contribution < 1.29 is 22.6 Å². The van der Waals surface area contributed by atoms with Crippen LogP contribution in [0.25, 0.3) is 11.1 Å². The minimum Gasteiger partial charge on any atom is -0.494 e. The summed E-state index contributed by atoms with van der Waals surface area (Å²) < 4.78 is 53.4. The fourth-order valence-corrected chi connectivity index (χ4v) is 3.61. The van der Waals surface area contributed by atoms with Gasteiger partial charge in [0.15, 0.2) is 0 Å². The normalized spacial score (nSPS) is 13.5. The van der Waals surface area contributed by atoms with E-state index in [1.165, 1.54) is 6.07 Å². The molecular formula is C26H27F3O2. The summed E-state index contributed by atoms with van der Waals surface area (Å²) in [5, 5.41) is 0. The van der Waals surface area contributed by atoms with E-state index in [2.05, 4.69) is 13.2 Å². The van der Waals surface area contributed by atoms with E-state index in [-0.39, 0.29) is 5.56 Å². The van der Waals surface area contributed by atoms with Crippen LogP contribution >= 0.6 is 0 Å². The molecule has 164 valence electrons. The first-order valence-electron chi connectivity index (χ1n) is 10.4. The van der Waals surface area contributed by atoms with E-state index in [0.717, 1.165) is 18.4 Å². The van der Waals surface area contributed by atoms with Crippen molar-refractivity contribution in [1.82, 2.24) is 0 Å². The number of halogens is 3. The summed E-state index contributed by atoms with van der Waals surface area (Å²) in [5.41, 5.74) is 2.10. The van der Waals surface area contributed by atoms with Crippen molar-refractivity contribution in [3.63, 3.8) is 0 Å². The maximum atomic E-state index is 14.1. The van der Waals surface area contributed by atoms with Crippen molar-refractivity contribution in [3.8, 4) is 5.75 Å². The third-order valence-corrected chi connectivity index (χ3v) is 5.26. The zero-order chi connectivity index (χ0) is 22.4. The van der Waals surface area contributed by atoms with Crippen molar-refractivity contribution in [2.75, 3.05) is 13.2 Å². The van der Waals surface area contributed by atoms with Crippen LogP contribution in [0, 0.1) is 0 Å². The third kappa shape index (κ3) is 5.81. The van der Waals surface area contributed by atoms with E-state index in [0.29, 0.717) is 54.3 Å². The van der Waals surface area contributed by atoms with Gasteiger partial charge in [-0.1, -0.05) is 49.6 Å². The molecular weight excluding hydrogens is 401 g/mol. The molecule has 0 amide bonds. The van der Waals surface area contributed by atoms with E-state index in [1.54, 1.807) is 42.5 Å². The molecule has 1 aliphatic rings. The molecule has 0 spiro atoms. The molecule has 0 saturated heterocycles. The topological polar surface area (TPSA) is 18.5 Å². The van der Waals surface area contributed by atoms with Gasteiger partial charge in [-0.2, -0.15) is 13.2 Å². The van der Waals surface area contributed by atoms with E-state index in [4.69, 9.17) is 9.47 Å². The standard InChI is InChI=1S/C26H27F3O2/c1-18(2)19(3)30-15-7-8-16-31-22-13-11-21-12-14-23(20-9-5-4-6-10-20)25(24(21)17-22)26(27,28)29/h4-6,9-11,13,17H,1,3,7-8,12,14-16H2,2H3. The van der Waals surface area contributed by atoms with Crippen LogP contribution in [0.3, 0.4) is 0 Å². The summed E-state index contributed by atoms with van der Waals surface area (Å²) in [5.74, 6) is 1.01. The summed E-state index contributed by atoms with van der Waals surface area (Å²) >= 11 is 0. The lowest BCUT2D eigenvalue weighted by molar-refractivity contribution is -0.0688. The van der Waals surface area contributed by atoms with Gasteiger partial charge in [0.25, 0.3) is 0 Å². The third-order valence-electron chi connectivity index (χ3n) is 5.26. The molecule has 0 aliphatic heterocycles. The number of allylic oxidation sites excluding steroid dienone is 3. The van der Waals surface area contributed by atoms with Crippen LogP contribution in [0.5, 0.6) is 5.75 Å². The lowest BCUT2D eigenvalue weighted by Crippen LogP contribution is -2.18. The van der Waals surface area contributed by atoms with Gasteiger partial charge in [0, 0.05) is 0 Å². The number of unbranched alkanes of at least 4 members (excludes halogenated alkanes) is 1. The fraction of sp³-hybridized carbons (Fsp3) is 0.308. The minimum absolute atomic E-state index is 0.219. The molecule has 0 aromatic heterocycles. The molecule has 0 atom stereocenters. The van der Waals surface area contributed by atoms with Crippen molar-refractivity contribution in [2.45, 2.75) is 38.8 Å². The Bertz CT molecular complexity index is 972. The van der Waals surface area contributed by atoms with Crippen molar-refractivity contribution in [3.05, 3.63) is 89.7 Å². The van der Waals surface area contributed by atoms with Gasteiger partial charge in [-0.15, -0.1) is 0 Å². The highest BCUT2D eigenvalue weighted by atomic mass is 19.4. The van der Waals surface area contributed by atoms with Crippen LogP contribution in [0.2, 0.25) is 0 Å². The number of fused-ring (bicyclic) bond motifs is 1. The maximum Gasteiger partial charge on any atom is 0.417 e. The highest BCUT2D eigenvalue weighted by Crippen LogP contribution is 2.46. The van der Waals surface area contributed by atoms with Crippen LogP contribution in [0.4, 0.5) is 13.2 Å². The molecule has 5 heteroatoms. The molecule has 0 saturated carbocycles. The fourth-order valence-electron chi connectivity index (χ4n) is 3.61. The van der Waals surface area contributed by atoms with Gasteiger partial charge in [0.05, 0.1) is 18.8 Å². The van der Waals surface area contributed by atoms with Crippen LogP contribution in [0.15, 0.2) is 73.0 Å². The highest BCUT2D eigenvalue weighted by molar-refractivity contribution is 5.95. The number of aryl methyl sites for hydroxylation is 1. The van der Waals surface area contributed by atoms with Crippen LogP contribution in [-0.2, 0) is 11.2 Å². The summed E-state index contributed by atoms with van der Waals surface area (Å²) in [7, 11) is 0. The van der Waals surface area contributed by atoms with Crippen LogP contribution in [0.1, 0.15) is 42.9 Å². The number of alkyl halides is 3. The average Bonchev–Trinajstić information content (AvgIpc) is 2.74. The maximum absolute atomic E-state index is 14.1. The van der Waals surface area contributed by atoms with Gasteiger partial charge in [-0.25, -0.2) is 0 Å². The quantitative estimate of drug-likeness (QED) is 0.236. The molecule has 2 nitrogen and oxygen atoms in total. The van der Waals surface area contributed by atoms with Gasteiger partial charge in [0.1, 0.15) is 11.5 Å². The first-order valence-corrected chi connectivity index (χ1v) is 10.4. The Labute approximate surface area is 181 Å². The first kappa shape index (κ1) is 22.7. The van der Waals surface area contributed by atoms with Crippen molar-refractivity contribution in [1.29, 1.82) is 0 Å². The average molecular weight is 428 g/mol. The smallest absolute Gasteiger partial charge is 0.417 e. The monoisotopic (exact) mass is 428 g/mol. The van der Waals surface area contributed by atoms with Gasteiger partial charge < -0.3 is 9.47 Å². The van der Waals surface area contributed by atoms with Crippen molar-refractivity contribution in [2.24, 2.45) is 0 Å². The van der Waals surface area contributed by atoms with E-state index < -0.39 is 11.7 Å². The molecule has 2 aromatic carbocycles. The SMILES string of the molecule is C=C(C)C(=C)OCCCCOc1ccc2c(c1)C(C(F)(F)F)=C(c1ccccc1)CC2. The second-order valence-electron chi connectivity index (χ2n) is 7.64. The molecule has 0 radical (unpaired) electrons. The molecule has 31 heavy (non-hydrogen) atoms. The lowest BCUT2D eigenvalue weighted by atomic mass is 9.82. The Kier molecular flexibility index (Phi) is 7.26. The van der Waals surface area contributed by atoms with E-state index >= 15 is 0 Å². The van der Waals surface area contributed by atoms with Crippen LogP contribution in [-0.4, -0.2) is 19.4 Å². The molecule has 0 heterocycles. The number of ether oxygens (including phenoxy) is 2. The zero-order valence-corrected chi connectivity index (χ0v) is 17.7. The minimum atomic E-state index is -4.44. The Morgan fingerprint density at radius 2 is 1.68 bits per heavy atom. The number of hydrogen-bond donors (Lipinski definition) is 0. The molecule has 0 fully saturated rings. The summed E-state index contributed by atoms with van der Waals surface area (Å²) in [6, 6.07) is 13.8. The van der Waals surface area contributed by atoms with E-state index in [1.807, 2.05) is 6.92 Å². The summed E-state index contributed by atoms with van der Waals surface area (Å²) in [4.78, 5) is 0. The number of rotatable bonds is 9. The largest absolute Gasteiger partial charge is 0.494 e. The predicted octanol–water partition coefficient (Wildman–Crippen LogP) is 7.37. The van der Waals surface area contributed by atoms with Gasteiger partial charge in [0.2, 0.25) is 0 Å². The number of benzene rings is 2. The molecule has 3 rings (SSSR count). The van der Waals surface area contributed by atoms with Crippen molar-refractivity contribution >= 4 is 11.1 Å². The Morgan fingerprint density at radius 1 is 0.968 bits per heavy atom. The predicted molar refractivity (Wildman–Crippen MR) is 119 cm³/mol. The Balaban J connectivity index is 1.72. The Morgan fingerprint density at radius 3 is 2.35 bits per heavy atom. The Hall–Kier alpha value is -2.95. The highest BCUT2D eigenvalue weighted by Gasteiger charge is 2.40. The molecule has 0 N–H and O–H groups in total. The molecule has 0 unspecified atom stereocenters. The summed E-state index contributed by atoms with van der Waals surface area (Å²) in [6.07, 6.45) is -2.03. The lowest BCUT2D eigenvalue weighted by Gasteiger charge is -2.26. The number of hydrogen-bond acceptors (Lipinski definition) is 2. The molecule has 2 aromatic rings. The first-order chi connectivity index (χ1) is 14.8. The second-order valence-corrected chi connectivity index (χ2v) is 7.64.